The lowest BCUT2D eigenvalue weighted by Crippen LogP contribution is -2.26. The summed E-state index contributed by atoms with van der Waals surface area (Å²) in [5.41, 5.74) is 9.11. The number of anilines is 1. The molecule has 0 saturated heterocycles. The molecule has 0 radical (unpaired) electrons. The largest absolute Gasteiger partial charge is 0.366 e. The highest BCUT2D eigenvalue weighted by atomic mass is 16.5. The Kier molecular flexibility index (Phi) is 4.56. The van der Waals surface area contributed by atoms with Crippen LogP contribution in [0.1, 0.15) is 26.4 Å². The maximum Gasteiger partial charge on any atom is 0.259 e. The first-order chi connectivity index (χ1) is 14.0. The van der Waals surface area contributed by atoms with Crippen LogP contribution < -0.4 is 10.6 Å². The first-order valence-electron chi connectivity index (χ1n) is 8.96. The number of aryl methyl sites for hydroxylation is 1. The minimum atomic E-state index is -0.519. The average Bonchev–Trinajstić information content (AvgIpc) is 3.13. The van der Waals surface area contributed by atoms with Gasteiger partial charge in [0.15, 0.2) is 0 Å². The number of hydrogen-bond acceptors (Lipinski definition) is 5. The highest BCUT2D eigenvalue weighted by Gasteiger charge is 2.22. The van der Waals surface area contributed by atoms with E-state index in [1.807, 2.05) is 30.3 Å². The predicted octanol–water partition coefficient (Wildman–Crippen LogP) is 3.57. The van der Waals surface area contributed by atoms with Gasteiger partial charge < -0.3 is 15.2 Å². The number of hydrogen-bond donors (Lipinski definition) is 1. The molecule has 0 unspecified atom stereocenters. The highest BCUT2D eigenvalue weighted by molar-refractivity contribution is 6.14. The number of carbonyl (C=O) groups excluding carboxylic acids is 2. The van der Waals surface area contributed by atoms with Gasteiger partial charge in [-0.05, 0) is 37.3 Å². The van der Waals surface area contributed by atoms with Crippen molar-refractivity contribution in [2.24, 2.45) is 5.73 Å². The van der Waals surface area contributed by atoms with Crippen molar-refractivity contribution >= 4 is 28.6 Å². The Hall–Kier alpha value is -4.00. The normalized spacial score (nSPS) is 10.8. The highest BCUT2D eigenvalue weighted by Crippen LogP contribution is 2.28. The standard InChI is InChI=1S/C22H18N4O3/c1-13-19-17(22(28)26(2)16-10-8-15(9-11-16)20(23)27)12-18(24-21(19)29-25-13)14-6-4-3-5-7-14/h3-12H,1-2H3,(H2,23,27). The first-order valence-corrected chi connectivity index (χ1v) is 8.96. The molecule has 29 heavy (non-hydrogen) atoms. The van der Waals surface area contributed by atoms with E-state index in [-0.39, 0.29) is 5.91 Å². The van der Waals surface area contributed by atoms with Crippen molar-refractivity contribution in [1.82, 2.24) is 10.1 Å². The third-order valence-electron chi connectivity index (χ3n) is 4.76. The minimum absolute atomic E-state index is 0.243. The molecule has 7 heteroatoms. The summed E-state index contributed by atoms with van der Waals surface area (Å²) in [5.74, 6) is -0.762. The van der Waals surface area contributed by atoms with Crippen molar-refractivity contribution in [2.45, 2.75) is 6.92 Å². The Labute approximate surface area is 166 Å². The van der Waals surface area contributed by atoms with Gasteiger partial charge in [-0.25, -0.2) is 4.98 Å². The molecule has 0 aliphatic carbocycles. The average molecular weight is 386 g/mol. The molecule has 2 aromatic heterocycles. The summed E-state index contributed by atoms with van der Waals surface area (Å²) in [6, 6.07) is 17.8. The van der Waals surface area contributed by atoms with E-state index in [2.05, 4.69) is 10.1 Å². The molecule has 0 saturated carbocycles. The van der Waals surface area contributed by atoms with E-state index in [9.17, 15) is 9.59 Å². The van der Waals surface area contributed by atoms with Crippen LogP contribution in [-0.2, 0) is 0 Å². The van der Waals surface area contributed by atoms with Gasteiger partial charge in [-0.1, -0.05) is 35.5 Å². The Morgan fingerprint density at radius 3 is 2.38 bits per heavy atom. The fourth-order valence-electron chi connectivity index (χ4n) is 3.17. The molecule has 0 fully saturated rings. The first kappa shape index (κ1) is 18.4. The molecule has 0 spiro atoms. The molecule has 4 aromatic rings. The van der Waals surface area contributed by atoms with Crippen LogP contribution in [0, 0.1) is 6.92 Å². The number of amides is 2. The molecular weight excluding hydrogens is 368 g/mol. The molecular formula is C22H18N4O3. The van der Waals surface area contributed by atoms with Crippen LogP contribution in [-0.4, -0.2) is 29.0 Å². The summed E-state index contributed by atoms with van der Waals surface area (Å²) in [6.45, 7) is 1.77. The van der Waals surface area contributed by atoms with Gasteiger partial charge in [0, 0.05) is 23.9 Å². The number of nitrogens with zero attached hydrogens (tertiary/aromatic N) is 3. The Morgan fingerprint density at radius 1 is 1.03 bits per heavy atom. The quantitative estimate of drug-likeness (QED) is 0.578. The number of fused-ring (bicyclic) bond motifs is 1. The molecule has 2 N–H and O–H groups in total. The van der Waals surface area contributed by atoms with Crippen LogP contribution in [0.15, 0.2) is 65.2 Å². The second kappa shape index (κ2) is 7.20. The Balaban J connectivity index is 1.80. The van der Waals surface area contributed by atoms with E-state index in [1.54, 1.807) is 44.3 Å². The zero-order valence-electron chi connectivity index (χ0n) is 15.9. The minimum Gasteiger partial charge on any atom is -0.366 e. The van der Waals surface area contributed by atoms with Crippen LogP contribution >= 0.6 is 0 Å². The fourth-order valence-corrected chi connectivity index (χ4v) is 3.17. The SMILES string of the molecule is Cc1noc2nc(-c3ccccc3)cc(C(=O)N(C)c3ccc(C(N)=O)cc3)c12. The third kappa shape index (κ3) is 3.34. The maximum absolute atomic E-state index is 13.3. The summed E-state index contributed by atoms with van der Waals surface area (Å²) in [5, 5.41) is 4.56. The summed E-state index contributed by atoms with van der Waals surface area (Å²) >= 11 is 0. The molecule has 0 atom stereocenters. The van der Waals surface area contributed by atoms with Crippen LogP contribution in [0.5, 0.6) is 0 Å². The van der Waals surface area contributed by atoms with Crippen molar-refractivity contribution in [3.8, 4) is 11.3 Å². The lowest BCUT2D eigenvalue weighted by Gasteiger charge is -2.18. The van der Waals surface area contributed by atoms with Crippen LogP contribution in [0.25, 0.3) is 22.4 Å². The van der Waals surface area contributed by atoms with Crippen LogP contribution in [0.2, 0.25) is 0 Å². The second-order valence-corrected chi connectivity index (χ2v) is 6.64. The van der Waals surface area contributed by atoms with Crippen molar-refractivity contribution in [3.05, 3.63) is 77.5 Å². The zero-order chi connectivity index (χ0) is 20.5. The van der Waals surface area contributed by atoms with E-state index in [1.165, 1.54) is 4.90 Å². The zero-order valence-corrected chi connectivity index (χ0v) is 15.9. The molecule has 0 aliphatic rings. The summed E-state index contributed by atoms with van der Waals surface area (Å²) in [7, 11) is 1.67. The Morgan fingerprint density at radius 2 is 1.72 bits per heavy atom. The van der Waals surface area contributed by atoms with Gasteiger partial charge in [-0.15, -0.1) is 0 Å². The van der Waals surface area contributed by atoms with Crippen molar-refractivity contribution in [1.29, 1.82) is 0 Å². The summed E-state index contributed by atoms with van der Waals surface area (Å²) < 4.78 is 5.35. The number of primary amides is 1. The smallest absolute Gasteiger partial charge is 0.259 e. The number of aromatic nitrogens is 2. The molecule has 4 rings (SSSR count). The van der Waals surface area contributed by atoms with E-state index >= 15 is 0 Å². The second-order valence-electron chi connectivity index (χ2n) is 6.64. The lowest BCUT2D eigenvalue weighted by molar-refractivity contribution is 0.0990. The maximum atomic E-state index is 13.3. The predicted molar refractivity (Wildman–Crippen MR) is 110 cm³/mol. The van der Waals surface area contributed by atoms with Gasteiger partial charge in [-0.3, -0.25) is 9.59 Å². The number of nitrogens with two attached hydrogens (primary N) is 1. The van der Waals surface area contributed by atoms with Gasteiger partial charge in [0.05, 0.1) is 22.3 Å². The van der Waals surface area contributed by atoms with Gasteiger partial charge >= 0.3 is 0 Å². The lowest BCUT2D eigenvalue weighted by atomic mass is 10.0. The molecule has 0 bridgehead atoms. The van der Waals surface area contributed by atoms with Gasteiger partial charge in [0.1, 0.15) is 0 Å². The molecule has 144 valence electrons. The van der Waals surface area contributed by atoms with Gasteiger partial charge in [0.2, 0.25) is 5.91 Å². The molecule has 2 aromatic carbocycles. The van der Waals surface area contributed by atoms with Gasteiger partial charge in [-0.2, -0.15) is 0 Å². The van der Waals surface area contributed by atoms with E-state index < -0.39 is 5.91 Å². The number of pyridine rings is 1. The molecule has 7 nitrogen and oxygen atoms in total. The number of carbonyl (C=O) groups is 2. The van der Waals surface area contributed by atoms with Crippen LogP contribution in [0.4, 0.5) is 5.69 Å². The summed E-state index contributed by atoms with van der Waals surface area (Å²) in [4.78, 5) is 30.7. The Bertz CT molecular complexity index is 1210. The number of benzene rings is 2. The summed E-state index contributed by atoms with van der Waals surface area (Å²) in [6.07, 6.45) is 0. The van der Waals surface area contributed by atoms with Crippen molar-refractivity contribution in [3.63, 3.8) is 0 Å². The number of rotatable bonds is 4. The van der Waals surface area contributed by atoms with Crippen molar-refractivity contribution in [2.75, 3.05) is 11.9 Å². The topological polar surface area (TPSA) is 102 Å². The fraction of sp³-hybridized carbons (Fsp3) is 0.0909. The van der Waals surface area contributed by atoms with Gasteiger partial charge in [0.25, 0.3) is 11.6 Å². The molecule has 2 amide bonds. The van der Waals surface area contributed by atoms with E-state index in [0.717, 1.165) is 5.56 Å². The van der Waals surface area contributed by atoms with E-state index in [4.69, 9.17) is 10.3 Å². The van der Waals surface area contributed by atoms with Crippen molar-refractivity contribution < 1.29 is 14.1 Å². The molecule has 0 aliphatic heterocycles. The molecule has 2 heterocycles. The van der Waals surface area contributed by atoms with E-state index in [0.29, 0.717) is 39.3 Å². The van der Waals surface area contributed by atoms with Crippen LogP contribution in [0.3, 0.4) is 0 Å². The third-order valence-corrected chi connectivity index (χ3v) is 4.76. The monoisotopic (exact) mass is 386 g/mol.